The summed E-state index contributed by atoms with van der Waals surface area (Å²) in [5.74, 6) is -0.544. The predicted octanol–water partition coefficient (Wildman–Crippen LogP) is 0.408. The van der Waals surface area contributed by atoms with Gasteiger partial charge < -0.3 is 10.2 Å². The average Bonchev–Trinajstić information content (AvgIpc) is 2.52. The van der Waals surface area contributed by atoms with Crippen LogP contribution in [0.15, 0.2) is 39.9 Å². The number of para-hydroxylation sites is 2. The van der Waals surface area contributed by atoms with E-state index >= 15 is 0 Å². The Balaban J connectivity index is 2.66. The van der Waals surface area contributed by atoms with E-state index in [0.29, 0.717) is 11.4 Å². The summed E-state index contributed by atoms with van der Waals surface area (Å²) in [7, 11) is 0. The third kappa shape index (κ3) is 1.20. The number of benzene rings is 1. The molecule has 2 rings (SSSR count). The molecule has 0 aliphatic heterocycles. The molecule has 0 aliphatic rings. The molecule has 1 aromatic heterocycles. The molecule has 0 saturated heterocycles. The topological polar surface area (TPSA) is 74.1 Å². The number of rotatable bonds is 1. The summed E-state index contributed by atoms with van der Waals surface area (Å²) in [5.41, 5.74) is 6.65. The second-order valence-corrected chi connectivity index (χ2v) is 2.48. The van der Waals surface area contributed by atoms with Gasteiger partial charge in [-0.3, -0.25) is 0 Å². The number of hydrogen-bond donors (Lipinski definition) is 1. The second-order valence-electron chi connectivity index (χ2n) is 2.48. The molecule has 0 fully saturated rings. The Labute approximate surface area is 73.4 Å². The van der Waals surface area contributed by atoms with E-state index in [1.54, 1.807) is 24.3 Å². The maximum Gasteiger partial charge on any atom is 0.441 e. The van der Waals surface area contributed by atoms with E-state index in [9.17, 15) is 4.79 Å². The van der Waals surface area contributed by atoms with Crippen LogP contribution < -0.4 is 11.5 Å². The summed E-state index contributed by atoms with van der Waals surface area (Å²) < 4.78 is 5.62. The van der Waals surface area contributed by atoms with Crippen LogP contribution in [0.2, 0.25) is 0 Å². The number of anilines is 1. The van der Waals surface area contributed by atoms with Crippen LogP contribution in [0, 0.1) is 0 Å². The molecule has 5 heteroatoms. The Bertz CT molecular complexity index is 472. The van der Waals surface area contributed by atoms with Gasteiger partial charge in [0.05, 0.1) is 11.4 Å². The highest BCUT2D eigenvalue weighted by Crippen LogP contribution is 2.12. The van der Waals surface area contributed by atoms with Crippen LogP contribution >= 0.6 is 0 Å². The minimum absolute atomic E-state index is 0.485. The number of hydrogen-bond acceptors (Lipinski definition) is 4. The summed E-state index contributed by atoms with van der Waals surface area (Å²) in [5, 5.41) is 3.70. The molecule has 2 aromatic rings. The molecule has 0 atom stereocenters. The maximum absolute atomic E-state index is 11.1. The minimum Gasteiger partial charge on any atom is -0.397 e. The molecule has 66 valence electrons. The number of nitrogens with two attached hydrogens (primary N) is 1. The van der Waals surface area contributed by atoms with Gasteiger partial charge in [-0.2, -0.15) is 4.68 Å². The van der Waals surface area contributed by atoms with Gasteiger partial charge in [-0.25, -0.2) is 4.79 Å². The van der Waals surface area contributed by atoms with Gasteiger partial charge in [0.2, 0.25) is 6.39 Å². The lowest BCUT2D eigenvalue weighted by molar-refractivity contribution is 0.504. The van der Waals surface area contributed by atoms with Crippen LogP contribution in [-0.2, 0) is 0 Å². The second kappa shape index (κ2) is 2.78. The Morgan fingerprint density at radius 1 is 1.38 bits per heavy atom. The predicted molar refractivity (Wildman–Crippen MR) is 46.5 cm³/mol. The van der Waals surface area contributed by atoms with Crippen LogP contribution in [-0.4, -0.2) is 9.78 Å². The number of nitrogen functional groups attached to an aromatic ring is 1. The molecule has 1 heterocycles. The van der Waals surface area contributed by atoms with Gasteiger partial charge in [-0.05, 0) is 12.1 Å². The molecule has 0 unspecified atom stereocenters. The smallest absolute Gasteiger partial charge is 0.397 e. The molecule has 0 aliphatic carbocycles. The van der Waals surface area contributed by atoms with Crippen LogP contribution in [0.4, 0.5) is 5.69 Å². The van der Waals surface area contributed by atoms with E-state index < -0.39 is 5.76 Å². The van der Waals surface area contributed by atoms with Crippen LogP contribution in [0.5, 0.6) is 0 Å². The Morgan fingerprint density at radius 3 is 2.77 bits per heavy atom. The first-order valence-electron chi connectivity index (χ1n) is 3.67. The molecule has 13 heavy (non-hydrogen) atoms. The van der Waals surface area contributed by atoms with Crippen molar-refractivity contribution >= 4 is 5.69 Å². The average molecular weight is 177 g/mol. The Kier molecular flexibility index (Phi) is 1.63. The lowest BCUT2D eigenvalue weighted by atomic mass is 10.3. The lowest BCUT2D eigenvalue weighted by Gasteiger charge is -2.00. The SMILES string of the molecule is Nc1ccccc1-n1ncoc1=O. The molecule has 0 radical (unpaired) electrons. The fourth-order valence-electron chi connectivity index (χ4n) is 1.05. The summed E-state index contributed by atoms with van der Waals surface area (Å²) in [6.45, 7) is 0. The quantitative estimate of drug-likeness (QED) is 0.640. The van der Waals surface area contributed by atoms with Gasteiger partial charge in [0, 0.05) is 0 Å². The fraction of sp³-hybridized carbons (Fsp3) is 0. The highest BCUT2D eigenvalue weighted by molar-refractivity contribution is 5.56. The van der Waals surface area contributed by atoms with Crippen molar-refractivity contribution < 1.29 is 4.42 Å². The zero-order chi connectivity index (χ0) is 9.26. The monoisotopic (exact) mass is 177 g/mol. The number of aromatic nitrogens is 2. The van der Waals surface area contributed by atoms with Crippen molar-refractivity contribution in [1.29, 1.82) is 0 Å². The standard InChI is InChI=1S/C8H7N3O2/c9-6-3-1-2-4-7(6)11-8(12)13-5-10-11/h1-5H,9H2. The fourth-order valence-corrected chi connectivity index (χ4v) is 1.05. The van der Waals surface area contributed by atoms with E-state index in [1.807, 2.05) is 0 Å². The maximum atomic E-state index is 11.1. The molecule has 1 aromatic carbocycles. The van der Waals surface area contributed by atoms with Gasteiger partial charge >= 0.3 is 5.76 Å². The van der Waals surface area contributed by atoms with Crippen molar-refractivity contribution in [3.8, 4) is 5.69 Å². The first kappa shape index (κ1) is 7.60. The van der Waals surface area contributed by atoms with E-state index in [1.165, 1.54) is 0 Å². The first-order chi connectivity index (χ1) is 6.29. The van der Waals surface area contributed by atoms with Gasteiger partial charge in [0.25, 0.3) is 0 Å². The summed E-state index contributed by atoms with van der Waals surface area (Å²) >= 11 is 0. The van der Waals surface area contributed by atoms with E-state index in [-0.39, 0.29) is 0 Å². The third-order valence-corrected chi connectivity index (χ3v) is 1.65. The van der Waals surface area contributed by atoms with Crippen LogP contribution in [0.1, 0.15) is 0 Å². The van der Waals surface area contributed by atoms with Crippen molar-refractivity contribution in [2.45, 2.75) is 0 Å². The number of nitrogens with zero attached hydrogens (tertiary/aromatic N) is 2. The molecule has 5 nitrogen and oxygen atoms in total. The first-order valence-corrected chi connectivity index (χ1v) is 3.67. The van der Waals surface area contributed by atoms with Crippen molar-refractivity contribution in [1.82, 2.24) is 9.78 Å². The third-order valence-electron chi connectivity index (χ3n) is 1.65. The van der Waals surface area contributed by atoms with Crippen molar-refractivity contribution in [2.75, 3.05) is 5.73 Å². The molecule has 0 amide bonds. The molecular weight excluding hydrogens is 170 g/mol. The zero-order valence-electron chi connectivity index (χ0n) is 6.68. The largest absolute Gasteiger partial charge is 0.441 e. The molecule has 2 N–H and O–H groups in total. The molecular formula is C8H7N3O2. The van der Waals surface area contributed by atoms with E-state index in [2.05, 4.69) is 9.52 Å². The van der Waals surface area contributed by atoms with Crippen molar-refractivity contribution in [3.63, 3.8) is 0 Å². The van der Waals surface area contributed by atoms with Gasteiger partial charge in [0.1, 0.15) is 0 Å². The van der Waals surface area contributed by atoms with Gasteiger partial charge in [-0.1, -0.05) is 12.1 Å². The van der Waals surface area contributed by atoms with Crippen LogP contribution in [0.25, 0.3) is 5.69 Å². The molecule has 0 saturated carbocycles. The highest BCUT2D eigenvalue weighted by atomic mass is 16.4. The zero-order valence-corrected chi connectivity index (χ0v) is 6.68. The molecule has 0 bridgehead atoms. The van der Waals surface area contributed by atoms with Crippen molar-refractivity contribution in [2.24, 2.45) is 0 Å². The highest BCUT2D eigenvalue weighted by Gasteiger charge is 2.05. The van der Waals surface area contributed by atoms with Gasteiger partial charge in [0.15, 0.2) is 0 Å². The van der Waals surface area contributed by atoms with E-state index in [4.69, 9.17) is 5.73 Å². The summed E-state index contributed by atoms with van der Waals surface area (Å²) in [6, 6.07) is 6.94. The lowest BCUT2D eigenvalue weighted by Crippen LogP contribution is -2.14. The Hall–Kier alpha value is -2.04. The minimum atomic E-state index is -0.544. The van der Waals surface area contributed by atoms with E-state index in [0.717, 1.165) is 11.1 Å². The van der Waals surface area contributed by atoms with Crippen LogP contribution in [0.3, 0.4) is 0 Å². The normalized spacial score (nSPS) is 10.2. The molecule has 0 spiro atoms. The van der Waals surface area contributed by atoms with Gasteiger partial charge in [-0.15, -0.1) is 5.10 Å². The van der Waals surface area contributed by atoms with Crippen molar-refractivity contribution in [3.05, 3.63) is 41.2 Å². The Morgan fingerprint density at radius 2 is 2.15 bits per heavy atom. The summed E-state index contributed by atoms with van der Waals surface area (Å²) in [4.78, 5) is 11.1. The summed E-state index contributed by atoms with van der Waals surface area (Å²) in [6.07, 6.45) is 1.08.